The Morgan fingerprint density at radius 1 is 1.42 bits per heavy atom. The van der Waals surface area contributed by atoms with Crippen molar-refractivity contribution in [3.8, 4) is 0 Å². The van der Waals surface area contributed by atoms with E-state index in [1.54, 1.807) is 0 Å². The van der Waals surface area contributed by atoms with Crippen molar-refractivity contribution in [2.24, 2.45) is 5.92 Å². The van der Waals surface area contributed by atoms with Crippen LogP contribution in [0.5, 0.6) is 0 Å². The van der Waals surface area contributed by atoms with Crippen molar-refractivity contribution in [3.63, 3.8) is 0 Å². The first kappa shape index (κ1) is 11.2. The molecular weight excluding hydrogens is 151 g/mol. The second kappa shape index (κ2) is 4.91. The Bertz CT molecular complexity index is 219. The van der Waals surface area contributed by atoms with Gasteiger partial charge in [-0.25, -0.2) is 4.39 Å². The van der Waals surface area contributed by atoms with E-state index in [0.717, 1.165) is 5.57 Å². The molecule has 0 rings (SSSR count). The minimum atomic E-state index is -0.208. The maximum atomic E-state index is 13.2. The van der Waals surface area contributed by atoms with E-state index >= 15 is 0 Å². The summed E-state index contributed by atoms with van der Waals surface area (Å²) in [6, 6.07) is 0. The molecule has 0 bridgehead atoms. The molecule has 0 unspecified atom stereocenters. The molecule has 0 N–H and O–H groups in total. The summed E-state index contributed by atoms with van der Waals surface area (Å²) in [5.74, 6) is -0.0356. The summed E-state index contributed by atoms with van der Waals surface area (Å²) in [5, 5.41) is 0. The van der Waals surface area contributed by atoms with Gasteiger partial charge in [0, 0.05) is 0 Å². The van der Waals surface area contributed by atoms with E-state index in [-0.39, 0.29) is 11.7 Å². The highest BCUT2D eigenvalue weighted by Gasteiger charge is 2.05. The zero-order valence-corrected chi connectivity index (χ0v) is 8.32. The van der Waals surface area contributed by atoms with Crippen molar-refractivity contribution in [2.45, 2.75) is 27.7 Å². The fourth-order valence-corrected chi connectivity index (χ4v) is 0.652. The molecule has 0 nitrogen and oxygen atoms in total. The highest BCUT2D eigenvalue weighted by atomic mass is 19.1. The molecule has 0 aromatic carbocycles. The first-order valence-corrected chi connectivity index (χ1v) is 4.18. The Morgan fingerprint density at radius 3 is 2.25 bits per heavy atom. The van der Waals surface area contributed by atoms with Gasteiger partial charge in [-0.2, -0.15) is 0 Å². The van der Waals surface area contributed by atoms with Gasteiger partial charge in [0.1, 0.15) is 5.83 Å². The fourth-order valence-electron chi connectivity index (χ4n) is 0.652. The molecule has 68 valence electrons. The number of rotatable bonds is 3. The molecule has 0 aliphatic heterocycles. The summed E-state index contributed by atoms with van der Waals surface area (Å²) in [4.78, 5) is 0. The van der Waals surface area contributed by atoms with Crippen LogP contribution in [-0.2, 0) is 0 Å². The molecule has 1 heteroatoms. The second-order valence-corrected chi connectivity index (χ2v) is 3.20. The van der Waals surface area contributed by atoms with Gasteiger partial charge in [0.2, 0.25) is 0 Å². The van der Waals surface area contributed by atoms with Crippen LogP contribution in [0.2, 0.25) is 0 Å². The van der Waals surface area contributed by atoms with E-state index in [1.165, 1.54) is 6.08 Å². The van der Waals surface area contributed by atoms with Gasteiger partial charge in [-0.05, 0) is 31.4 Å². The van der Waals surface area contributed by atoms with Crippen LogP contribution in [0.15, 0.2) is 35.7 Å². The highest BCUT2D eigenvalue weighted by Crippen LogP contribution is 2.19. The van der Waals surface area contributed by atoms with Gasteiger partial charge in [-0.15, -0.1) is 0 Å². The molecule has 0 saturated carbocycles. The van der Waals surface area contributed by atoms with Gasteiger partial charge < -0.3 is 0 Å². The third kappa shape index (κ3) is 3.51. The van der Waals surface area contributed by atoms with Crippen LogP contribution in [0.25, 0.3) is 0 Å². The zero-order valence-electron chi connectivity index (χ0n) is 8.32. The molecule has 0 radical (unpaired) electrons. The maximum Gasteiger partial charge on any atom is 0.126 e. The summed E-state index contributed by atoms with van der Waals surface area (Å²) < 4.78 is 13.2. The van der Waals surface area contributed by atoms with Crippen LogP contribution in [0.4, 0.5) is 4.39 Å². The maximum absolute atomic E-state index is 13.2. The third-order valence-electron chi connectivity index (χ3n) is 1.81. The molecule has 0 spiro atoms. The van der Waals surface area contributed by atoms with E-state index in [0.29, 0.717) is 5.57 Å². The van der Waals surface area contributed by atoms with Crippen LogP contribution in [0.3, 0.4) is 0 Å². The van der Waals surface area contributed by atoms with Gasteiger partial charge in [0.15, 0.2) is 0 Å². The largest absolute Gasteiger partial charge is 0.207 e. The van der Waals surface area contributed by atoms with Crippen LogP contribution in [-0.4, -0.2) is 0 Å². The summed E-state index contributed by atoms with van der Waals surface area (Å²) in [6.45, 7) is 11.3. The molecule has 0 aliphatic rings. The monoisotopic (exact) mass is 168 g/mol. The van der Waals surface area contributed by atoms with Crippen molar-refractivity contribution in [3.05, 3.63) is 35.7 Å². The van der Waals surface area contributed by atoms with E-state index in [1.807, 2.05) is 33.8 Å². The third-order valence-corrected chi connectivity index (χ3v) is 1.81. The van der Waals surface area contributed by atoms with Gasteiger partial charge in [-0.3, -0.25) is 0 Å². The molecule has 0 amide bonds. The number of halogens is 1. The lowest BCUT2D eigenvalue weighted by atomic mass is 10.0. The Hall–Kier alpha value is -0.850. The first-order chi connectivity index (χ1) is 5.49. The molecule has 12 heavy (non-hydrogen) atoms. The van der Waals surface area contributed by atoms with E-state index in [2.05, 4.69) is 6.58 Å². The van der Waals surface area contributed by atoms with Crippen molar-refractivity contribution in [1.82, 2.24) is 0 Å². The quantitative estimate of drug-likeness (QED) is 0.558. The van der Waals surface area contributed by atoms with Crippen molar-refractivity contribution >= 4 is 0 Å². The first-order valence-electron chi connectivity index (χ1n) is 4.18. The number of hydrogen-bond acceptors (Lipinski definition) is 0. The topological polar surface area (TPSA) is 0 Å². The molecule has 0 aromatic heterocycles. The lowest BCUT2D eigenvalue weighted by Crippen LogP contribution is -1.92. The molecular formula is C11H17F. The van der Waals surface area contributed by atoms with Gasteiger partial charge in [0.05, 0.1) is 0 Å². The molecule has 0 saturated heterocycles. The standard InChI is InChI=1S/C11H17F/c1-6-9(4)7-11(12)10(5)8(2)3/h6-8H,5H2,1-4H3/b9-6-,11-7+. The van der Waals surface area contributed by atoms with E-state index in [4.69, 9.17) is 0 Å². The summed E-state index contributed by atoms with van der Waals surface area (Å²) in [5.41, 5.74) is 1.49. The second-order valence-electron chi connectivity index (χ2n) is 3.20. The summed E-state index contributed by atoms with van der Waals surface area (Å²) in [7, 11) is 0. The number of hydrogen-bond donors (Lipinski definition) is 0. The number of allylic oxidation sites excluding steroid dienone is 5. The van der Waals surface area contributed by atoms with Crippen LogP contribution < -0.4 is 0 Å². The lowest BCUT2D eigenvalue weighted by molar-refractivity contribution is 0.609. The molecule has 0 atom stereocenters. The van der Waals surface area contributed by atoms with Crippen LogP contribution in [0.1, 0.15) is 27.7 Å². The molecule has 0 fully saturated rings. The smallest absolute Gasteiger partial charge is 0.126 e. The highest BCUT2D eigenvalue weighted by molar-refractivity contribution is 5.30. The van der Waals surface area contributed by atoms with Crippen LogP contribution in [0, 0.1) is 5.92 Å². The van der Waals surface area contributed by atoms with E-state index in [9.17, 15) is 4.39 Å². The van der Waals surface area contributed by atoms with Gasteiger partial charge >= 0.3 is 0 Å². The zero-order chi connectivity index (χ0) is 9.72. The van der Waals surface area contributed by atoms with Crippen molar-refractivity contribution < 1.29 is 4.39 Å². The Kier molecular flexibility index (Phi) is 4.57. The minimum absolute atomic E-state index is 0.172. The average molecular weight is 168 g/mol. The normalized spacial score (nSPS) is 13.8. The predicted molar refractivity (Wildman–Crippen MR) is 52.6 cm³/mol. The average Bonchev–Trinajstić information content (AvgIpc) is 2.02. The minimum Gasteiger partial charge on any atom is -0.207 e. The van der Waals surface area contributed by atoms with E-state index < -0.39 is 0 Å². The van der Waals surface area contributed by atoms with Crippen LogP contribution >= 0.6 is 0 Å². The molecule has 0 aliphatic carbocycles. The fraction of sp³-hybridized carbons (Fsp3) is 0.455. The molecule has 0 aromatic rings. The Balaban J connectivity index is 4.49. The SMILES string of the molecule is C=C(/C(F)=C\C(C)=C/C)C(C)C. The van der Waals surface area contributed by atoms with Crippen molar-refractivity contribution in [1.29, 1.82) is 0 Å². The lowest BCUT2D eigenvalue weighted by Gasteiger charge is -2.06. The van der Waals surface area contributed by atoms with Gasteiger partial charge in [-0.1, -0.05) is 32.1 Å². The summed E-state index contributed by atoms with van der Waals surface area (Å²) >= 11 is 0. The van der Waals surface area contributed by atoms with Gasteiger partial charge in [0.25, 0.3) is 0 Å². The summed E-state index contributed by atoms with van der Waals surface area (Å²) in [6.07, 6.45) is 3.38. The van der Waals surface area contributed by atoms with Crippen molar-refractivity contribution in [2.75, 3.05) is 0 Å². The predicted octanol–water partition coefficient (Wildman–Crippen LogP) is 4.02. The Labute approximate surface area is 74.5 Å². The Morgan fingerprint density at radius 2 is 1.92 bits per heavy atom. The molecule has 0 heterocycles.